The maximum absolute atomic E-state index is 6.13. The van der Waals surface area contributed by atoms with Crippen molar-refractivity contribution in [1.82, 2.24) is 14.9 Å². The molecule has 30 heavy (non-hydrogen) atoms. The van der Waals surface area contributed by atoms with Crippen molar-refractivity contribution in [2.24, 2.45) is 0 Å². The van der Waals surface area contributed by atoms with E-state index in [1.165, 1.54) is 22.2 Å². The van der Waals surface area contributed by atoms with Crippen molar-refractivity contribution in [2.75, 3.05) is 11.9 Å². The fourth-order valence-corrected chi connectivity index (χ4v) is 4.10. The number of nitrogens with one attached hydrogen (secondary N) is 2. The fraction of sp³-hybridized carbons (Fsp3) is 0.167. The Labute approximate surface area is 186 Å². The number of aromatic nitrogens is 2. The van der Waals surface area contributed by atoms with E-state index < -0.39 is 0 Å². The lowest BCUT2D eigenvalue weighted by molar-refractivity contribution is 0.423. The molecule has 0 fully saturated rings. The van der Waals surface area contributed by atoms with Crippen LogP contribution in [0.1, 0.15) is 16.8 Å². The number of nitrogens with zero attached hydrogens (tertiary/aromatic N) is 2. The Balaban J connectivity index is 1.55. The lowest BCUT2D eigenvalue weighted by atomic mass is 10.1. The highest BCUT2D eigenvalue weighted by atomic mass is 35.5. The Morgan fingerprint density at radius 2 is 1.90 bits per heavy atom. The molecule has 0 aliphatic rings. The van der Waals surface area contributed by atoms with Gasteiger partial charge in [-0.3, -0.25) is 4.98 Å². The van der Waals surface area contributed by atoms with Gasteiger partial charge in [0.1, 0.15) is 0 Å². The van der Waals surface area contributed by atoms with E-state index in [1.807, 2.05) is 48.8 Å². The number of halogens is 1. The molecule has 4 nitrogen and oxygen atoms in total. The van der Waals surface area contributed by atoms with E-state index in [1.54, 1.807) is 0 Å². The topological polar surface area (TPSA) is 44.0 Å². The monoisotopic (exact) mass is 434 g/mol. The van der Waals surface area contributed by atoms with E-state index in [9.17, 15) is 0 Å². The summed E-state index contributed by atoms with van der Waals surface area (Å²) in [5.74, 6) is 0. The van der Waals surface area contributed by atoms with E-state index in [-0.39, 0.29) is 0 Å². The summed E-state index contributed by atoms with van der Waals surface area (Å²) in [5, 5.41) is 5.96. The fourth-order valence-electron chi connectivity index (χ4n) is 3.63. The second-order valence-electron chi connectivity index (χ2n) is 7.24. The number of rotatable bonds is 6. The van der Waals surface area contributed by atoms with Crippen molar-refractivity contribution in [3.8, 4) is 0 Å². The lowest BCUT2D eigenvalue weighted by Crippen LogP contribution is -2.36. The number of H-pyrrole nitrogens is 1. The molecule has 0 aliphatic carbocycles. The summed E-state index contributed by atoms with van der Waals surface area (Å²) in [6, 6.07) is 20.1. The molecule has 0 saturated heterocycles. The van der Waals surface area contributed by atoms with E-state index in [4.69, 9.17) is 23.8 Å². The Morgan fingerprint density at radius 1 is 1.10 bits per heavy atom. The standard InChI is InChI=1S/C24H23ClN4S/c1-17-21(22-7-2-3-8-23(22)27-17)11-14-29(16-18-9-12-26-13-10-18)24(30)28-20-6-4-5-19(25)15-20/h2-10,12-13,15,27H,11,14,16H2,1H3,(H,28,30). The average Bonchev–Trinajstić information content (AvgIpc) is 3.07. The number of aromatic amines is 1. The van der Waals surface area contributed by atoms with Crippen LogP contribution >= 0.6 is 23.8 Å². The summed E-state index contributed by atoms with van der Waals surface area (Å²) in [4.78, 5) is 9.79. The predicted octanol–water partition coefficient (Wildman–Crippen LogP) is 5.97. The van der Waals surface area contributed by atoms with Crippen molar-refractivity contribution >= 4 is 45.5 Å². The Hall–Kier alpha value is -2.89. The number of pyridine rings is 1. The van der Waals surface area contributed by atoms with Crippen molar-refractivity contribution in [3.05, 3.63) is 94.9 Å². The van der Waals surface area contributed by atoms with E-state index in [2.05, 4.69) is 51.4 Å². The van der Waals surface area contributed by atoms with Gasteiger partial charge in [-0.1, -0.05) is 35.9 Å². The number of hydrogen-bond donors (Lipinski definition) is 2. The number of thiocarbonyl (C=S) groups is 1. The maximum atomic E-state index is 6.13. The minimum absolute atomic E-state index is 0.673. The third kappa shape index (κ3) is 4.81. The van der Waals surface area contributed by atoms with Crippen LogP contribution in [0.25, 0.3) is 10.9 Å². The molecule has 152 valence electrons. The zero-order chi connectivity index (χ0) is 20.9. The first-order chi connectivity index (χ1) is 14.6. The van der Waals surface area contributed by atoms with Gasteiger partial charge in [0.15, 0.2) is 5.11 Å². The molecule has 0 aliphatic heterocycles. The van der Waals surface area contributed by atoms with Gasteiger partial charge >= 0.3 is 0 Å². The predicted molar refractivity (Wildman–Crippen MR) is 129 cm³/mol. The number of fused-ring (bicyclic) bond motifs is 1. The van der Waals surface area contributed by atoms with Crippen LogP contribution in [-0.2, 0) is 13.0 Å². The average molecular weight is 435 g/mol. The van der Waals surface area contributed by atoms with Gasteiger partial charge in [0, 0.05) is 52.8 Å². The van der Waals surface area contributed by atoms with E-state index >= 15 is 0 Å². The number of anilines is 1. The van der Waals surface area contributed by atoms with E-state index in [0.717, 1.165) is 24.2 Å². The molecular weight excluding hydrogens is 412 g/mol. The van der Waals surface area contributed by atoms with Gasteiger partial charge in [-0.2, -0.15) is 0 Å². The minimum atomic E-state index is 0.673. The molecule has 0 radical (unpaired) electrons. The second kappa shape index (κ2) is 9.28. The quantitative estimate of drug-likeness (QED) is 0.367. The molecule has 0 bridgehead atoms. The van der Waals surface area contributed by atoms with Crippen molar-refractivity contribution in [3.63, 3.8) is 0 Å². The van der Waals surface area contributed by atoms with Gasteiger partial charge in [0.2, 0.25) is 0 Å². The molecule has 4 aromatic rings. The van der Waals surface area contributed by atoms with Crippen molar-refractivity contribution in [2.45, 2.75) is 19.9 Å². The van der Waals surface area contributed by atoms with Crippen LogP contribution in [0, 0.1) is 6.92 Å². The number of aryl methyl sites for hydroxylation is 1. The first-order valence-corrected chi connectivity index (χ1v) is 10.7. The minimum Gasteiger partial charge on any atom is -0.358 e. The van der Waals surface area contributed by atoms with Crippen LogP contribution in [0.4, 0.5) is 5.69 Å². The molecule has 2 aromatic carbocycles. The second-order valence-corrected chi connectivity index (χ2v) is 8.06. The molecule has 0 unspecified atom stereocenters. The summed E-state index contributed by atoms with van der Waals surface area (Å²) in [7, 11) is 0. The lowest BCUT2D eigenvalue weighted by Gasteiger charge is -2.26. The van der Waals surface area contributed by atoms with Crippen LogP contribution in [0.15, 0.2) is 73.1 Å². The molecule has 0 amide bonds. The van der Waals surface area contributed by atoms with Gasteiger partial charge < -0.3 is 15.2 Å². The van der Waals surface area contributed by atoms with Crippen LogP contribution < -0.4 is 5.32 Å². The van der Waals surface area contributed by atoms with Gasteiger partial charge in [0.25, 0.3) is 0 Å². The summed E-state index contributed by atoms with van der Waals surface area (Å²) in [6.45, 7) is 3.62. The van der Waals surface area contributed by atoms with Crippen LogP contribution in [0.3, 0.4) is 0 Å². The first-order valence-electron chi connectivity index (χ1n) is 9.87. The molecule has 2 heterocycles. The number of benzene rings is 2. The number of para-hydroxylation sites is 1. The van der Waals surface area contributed by atoms with Crippen molar-refractivity contribution in [1.29, 1.82) is 0 Å². The Morgan fingerprint density at radius 3 is 2.70 bits per heavy atom. The van der Waals surface area contributed by atoms with Crippen molar-refractivity contribution < 1.29 is 0 Å². The van der Waals surface area contributed by atoms with Gasteiger partial charge in [-0.15, -0.1) is 0 Å². The Bertz CT molecular complexity index is 1160. The third-order valence-electron chi connectivity index (χ3n) is 5.14. The van der Waals surface area contributed by atoms with Crippen LogP contribution in [0.5, 0.6) is 0 Å². The molecular formula is C24H23ClN4S. The summed E-state index contributed by atoms with van der Waals surface area (Å²) in [6.07, 6.45) is 4.51. The smallest absolute Gasteiger partial charge is 0.173 e. The largest absolute Gasteiger partial charge is 0.358 e. The maximum Gasteiger partial charge on any atom is 0.173 e. The molecule has 4 rings (SSSR count). The Kier molecular flexibility index (Phi) is 6.31. The molecule has 2 aromatic heterocycles. The van der Waals surface area contributed by atoms with Gasteiger partial charge in [0.05, 0.1) is 0 Å². The molecule has 0 atom stereocenters. The zero-order valence-electron chi connectivity index (χ0n) is 16.7. The highest BCUT2D eigenvalue weighted by Gasteiger charge is 2.14. The molecule has 2 N–H and O–H groups in total. The highest BCUT2D eigenvalue weighted by molar-refractivity contribution is 7.80. The van der Waals surface area contributed by atoms with Crippen LogP contribution in [-0.4, -0.2) is 26.5 Å². The highest BCUT2D eigenvalue weighted by Crippen LogP contribution is 2.23. The van der Waals surface area contributed by atoms with Crippen LogP contribution in [0.2, 0.25) is 5.02 Å². The molecule has 0 spiro atoms. The molecule has 6 heteroatoms. The normalized spacial score (nSPS) is 10.9. The third-order valence-corrected chi connectivity index (χ3v) is 5.74. The zero-order valence-corrected chi connectivity index (χ0v) is 18.3. The summed E-state index contributed by atoms with van der Waals surface area (Å²) < 4.78 is 0. The molecule has 0 saturated carbocycles. The van der Waals surface area contributed by atoms with E-state index in [0.29, 0.717) is 16.7 Å². The summed E-state index contributed by atoms with van der Waals surface area (Å²) >= 11 is 11.9. The SMILES string of the molecule is Cc1[nH]c2ccccc2c1CCN(Cc1ccncc1)C(=S)Nc1cccc(Cl)c1. The van der Waals surface area contributed by atoms with Gasteiger partial charge in [-0.25, -0.2) is 0 Å². The first kappa shape index (κ1) is 20.4. The summed E-state index contributed by atoms with van der Waals surface area (Å²) in [5.41, 5.74) is 5.75. The van der Waals surface area contributed by atoms with Gasteiger partial charge in [-0.05, 0) is 73.1 Å². The number of hydrogen-bond acceptors (Lipinski definition) is 2.